The number of carbonyl (C=O) groups excluding carboxylic acids is 1. The lowest BCUT2D eigenvalue weighted by Crippen LogP contribution is -2.61. The smallest absolute Gasteiger partial charge is 0.243 e. The first-order valence-electron chi connectivity index (χ1n) is 6.82. The Kier molecular flexibility index (Phi) is 2.67. The van der Waals surface area contributed by atoms with Crippen molar-refractivity contribution in [3.63, 3.8) is 0 Å². The van der Waals surface area contributed by atoms with Crippen LogP contribution in [0.2, 0.25) is 0 Å². The van der Waals surface area contributed by atoms with Crippen LogP contribution in [0.3, 0.4) is 0 Å². The molecule has 0 aromatic carbocycles. The van der Waals surface area contributed by atoms with Gasteiger partial charge in [0.2, 0.25) is 5.91 Å². The predicted molar refractivity (Wildman–Crippen MR) is 64.4 cm³/mol. The highest BCUT2D eigenvalue weighted by Gasteiger charge is 2.49. The molecule has 3 atom stereocenters. The third kappa shape index (κ3) is 1.87. The number of amides is 1. The quantitative estimate of drug-likeness (QED) is 0.777. The maximum atomic E-state index is 12.6. The number of carbonyl (C=O) groups is 1. The average Bonchev–Trinajstić information content (AvgIpc) is 3.07. The molecule has 3 aliphatic rings. The van der Waals surface area contributed by atoms with Crippen molar-refractivity contribution in [2.75, 3.05) is 13.2 Å². The summed E-state index contributed by atoms with van der Waals surface area (Å²) in [7, 11) is 0. The SMILES string of the molecule is CC(N)(C(=O)N1CCOC2CCCC21)C1CC1. The van der Waals surface area contributed by atoms with E-state index in [0.29, 0.717) is 12.5 Å². The molecule has 2 saturated carbocycles. The van der Waals surface area contributed by atoms with Crippen molar-refractivity contribution in [1.82, 2.24) is 4.90 Å². The van der Waals surface area contributed by atoms with Crippen LogP contribution in [0.15, 0.2) is 0 Å². The summed E-state index contributed by atoms with van der Waals surface area (Å²) in [6.45, 7) is 3.31. The minimum Gasteiger partial charge on any atom is -0.374 e. The zero-order chi connectivity index (χ0) is 12.0. The summed E-state index contributed by atoms with van der Waals surface area (Å²) in [5.41, 5.74) is 5.60. The largest absolute Gasteiger partial charge is 0.374 e. The molecule has 1 aliphatic heterocycles. The number of nitrogens with two attached hydrogens (primary N) is 1. The highest BCUT2D eigenvalue weighted by Crippen LogP contribution is 2.40. The lowest BCUT2D eigenvalue weighted by molar-refractivity contribution is -0.150. The number of ether oxygens (including phenoxy) is 1. The van der Waals surface area contributed by atoms with Crippen molar-refractivity contribution in [1.29, 1.82) is 0 Å². The number of hydrogen-bond acceptors (Lipinski definition) is 3. The summed E-state index contributed by atoms with van der Waals surface area (Å²) in [5, 5.41) is 0. The molecule has 4 heteroatoms. The minimum absolute atomic E-state index is 0.153. The lowest BCUT2D eigenvalue weighted by Gasteiger charge is -2.41. The van der Waals surface area contributed by atoms with Crippen LogP contribution in [0, 0.1) is 5.92 Å². The van der Waals surface area contributed by atoms with E-state index < -0.39 is 5.54 Å². The van der Waals surface area contributed by atoms with Gasteiger partial charge in [0.05, 0.1) is 24.3 Å². The predicted octanol–water partition coefficient (Wildman–Crippen LogP) is 0.894. The van der Waals surface area contributed by atoms with Gasteiger partial charge >= 0.3 is 0 Å². The fourth-order valence-corrected chi connectivity index (χ4v) is 3.34. The van der Waals surface area contributed by atoms with E-state index in [4.69, 9.17) is 10.5 Å². The van der Waals surface area contributed by atoms with Crippen LogP contribution in [0.25, 0.3) is 0 Å². The Balaban J connectivity index is 1.76. The van der Waals surface area contributed by atoms with E-state index in [1.807, 2.05) is 11.8 Å². The van der Waals surface area contributed by atoms with Crippen molar-refractivity contribution < 1.29 is 9.53 Å². The van der Waals surface area contributed by atoms with Crippen molar-refractivity contribution in [2.45, 2.75) is 56.7 Å². The van der Waals surface area contributed by atoms with Gasteiger partial charge in [-0.05, 0) is 44.9 Å². The Morgan fingerprint density at radius 3 is 2.82 bits per heavy atom. The van der Waals surface area contributed by atoms with Crippen LogP contribution in [-0.4, -0.2) is 41.6 Å². The standard InChI is InChI=1S/C13H22N2O2/c1-13(14,9-5-6-9)12(16)15-7-8-17-11-4-2-3-10(11)15/h9-11H,2-8,14H2,1H3. The van der Waals surface area contributed by atoms with Crippen molar-refractivity contribution in [3.8, 4) is 0 Å². The van der Waals surface area contributed by atoms with Gasteiger partial charge < -0.3 is 15.4 Å². The molecule has 2 N–H and O–H groups in total. The number of hydrogen-bond donors (Lipinski definition) is 1. The van der Waals surface area contributed by atoms with Crippen molar-refractivity contribution in [3.05, 3.63) is 0 Å². The second-order valence-electron chi connectivity index (χ2n) is 5.96. The highest BCUT2D eigenvalue weighted by atomic mass is 16.5. The van der Waals surface area contributed by atoms with Crippen molar-refractivity contribution >= 4 is 5.91 Å². The van der Waals surface area contributed by atoms with Crippen molar-refractivity contribution in [2.24, 2.45) is 11.7 Å². The summed E-state index contributed by atoms with van der Waals surface area (Å²) in [5.74, 6) is 0.554. The molecule has 96 valence electrons. The number of rotatable bonds is 2. The van der Waals surface area contributed by atoms with E-state index in [9.17, 15) is 4.79 Å². The first-order valence-corrected chi connectivity index (χ1v) is 6.82. The molecule has 3 rings (SSSR count). The fraction of sp³-hybridized carbons (Fsp3) is 0.923. The van der Waals surface area contributed by atoms with E-state index in [0.717, 1.165) is 32.2 Å². The molecular weight excluding hydrogens is 216 g/mol. The van der Waals surface area contributed by atoms with Crippen LogP contribution >= 0.6 is 0 Å². The van der Waals surface area contributed by atoms with Gasteiger partial charge in [-0.2, -0.15) is 0 Å². The summed E-state index contributed by atoms with van der Waals surface area (Å²) < 4.78 is 5.74. The highest BCUT2D eigenvalue weighted by molar-refractivity contribution is 5.87. The lowest BCUT2D eigenvalue weighted by atomic mass is 9.93. The van der Waals surface area contributed by atoms with Gasteiger partial charge in [0, 0.05) is 6.54 Å². The molecule has 0 aromatic heterocycles. The molecule has 1 saturated heterocycles. The molecule has 2 aliphatic carbocycles. The first kappa shape index (κ1) is 11.5. The Hall–Kier alpha value is -0.610. The van der Waals surface area contributed by atoms with Gasteiger partial charge in [-0.25, -0.2) is 0 Å². The minimum atomic E-state index is -0.648. The van der Waals surface area contributed by atoms with Crippen LogP contribution in [0.4, 0.5) is 0 Å². The Morgan fingerprint density at radius 1 is 1.35 bits per heavy atom. The topological polar surface area (TPSA) is 55.6 Å². The van der Waals surface area contributed by atoms with Gasteiger partial charge in [-0.3, -0.25) is 4.79 Å². The Labute approximate surface area is 102 Å². The van der Waals surface area contributed by atoms with E-state index in [1.165, 1.54) is 6.42 Å². The monoisotopic (exact) mass is 238 g/mol. The first-order chi connectivity index (χ1) is 8.10. The maximum absolute atomic E-state index is 12.6. The molecule has 3 unspecified atom stereocenters. The number of fused-ring (bicyclic) bond motifs is 1. The fourth-order valence-electron chi connectivity index (χ4n) is 3.34. The summed E-state index contributed by atoms with van der Waals surface area (Å²) in [6.07, 6.45) is 5.83. The molecule has 3 fully saturated rings. The number of nitrogens with zero attached hydrogens (tertiary/aromatic N) is 1. The van der Waals surface area contributed by atoms with E-state index in [2.05, 4.69) is 0 Å². The van der Waals surface area contributed by atoms with E-state index >= 15 is 0 Å². The van der Waals surface area contributed by atoms with Gasteiger partial charge in [-0.15, -0.1) is 0 Å². The molecular formula is C13H22N2O2. The molecule has 0 spiro atoms. The second-order valence-corrected chi connectivity index (χ2v) is 5.96. The van der Waals surface area contributed by atoms with Gasteiger partial charge in [0.25, 0.3) is 0 Å². The molecule has 4 nitrogen and oxygen atoms in total. The van der Waals surface area contributed by atoms with Crippen LogP contribution < -0.4 is 5.73 Å². The molecule has 0 aromatic rings. The molecule has 1 amide bonds. The zero-order valence-electron chi connectivity index (χ0n) is 10.5. The zero-order valence-corrected chi connectivity index (χ0v) is 10.5. The van der Waals surface area contributed by atoms with E-state index in [1.54, 1.807) is 0 Å². The molecule has 0 radical (unpaired) electrons. The molecule has 0 bridgehead atoms. The average molecular weight is 238 g/mol. The van der Waals surface area contributed by atoms with Gasteiger partial charge in [0.1, 0.15) is 0 Å². The Morgan fingerprint density at radius 2 is 2.12 bits per heavy atom. The normalized spacial score (nSPS) is 36.5. The Bertz CT molecular complexity index is 325. The molecule has 1 heterocycles. The second kappa shape index (κ2) is 3.95. The van der Waals surface area contributed by atoms with Crippen LogP contribution in [0.5, 0.6) is 0 Å². The van der Waals surface area contributed by atoms with Crippen LogP contribution in [-0.2, 0) is 9.53 Å². The van der Waals surface area contributed by atoms with Gasteiger partial charge in [0.15, 0.2) is 0 Å². The summed E-state index contributed by atoms with van der Waals surface area (Å²) in [4.78, 5) is 14.6. The van der Waals surface area contributed by atoms with Gasteiger partial charge in [-0.1, -0.05) is 0 Å². The summed E-state index contributed by atoms with van der Waals surface area (Å²) >= 11 is 0. The van der Waals surface area contributed by atoms with Crippen LogP contribution in [0.1, 0.15) is 39.0 Å². The van der Waals surface area contributed by atoms with E-state index in [-0.39, 0.29) is 18.1 Å². The maximum Gasteiger partial charge on any atom is 0.243 e. The number of morpholine rings is 1. The summed E-state index contributed by atoms with van der Waals surface area (Å²) in [6, 6.07) is 0.290. The molecule has 17 heavy (non-hydrogen) atoms. The third-order valence-electron chi connectivity index (χ3n) is 4.63. The third-order valence-corrected chi connectivity index (χ3v) is 4.63.